The average molecular weight is 274 g/mol. The first-order chi connectivity index (χ1) is 8.87. The highest BCUT2D eigenvalue weighted by Gasteiger charge is 2.31. The molecule has 19 heavy (non-hydrogen) atoms. The number of hydrogen-bond donors (Lipinski definition) is 1. The Bertz CT molecular complexity index is 455. The van der Waals surface area contributed by atoms with E-state index in [1.54, 1.807) is 11.9 Å². The standard InChI is InChI=1S/C12H13F3N2O2/c1-17(9-6-16-7-9)11(18)8-2-4-10(5-3-8)19-12(13,14)15/h2-5,9,16H,6-7H2,1H3. The monoisotopic (exact) mass is 274 g/mol. The number of benzene rings is 1. The predicted octanol–water partition coefficient (Wildman–Crippen LogP) is 1.63. The molecule has 1 aliphatic rings. The molecule has 1 fully saturated rings. The van der Waals surface area contributed by atoms with Crippen molar-refractivity contribution in [1.29, 1.82) is 0 Å². The zero-order valence-corrected chi connectivity index (χ0v) is 10.2. The molecule has 0 atom stereocenters. The van der Waals surface area contributed by atoms with Crippen LogP contribution in [0.5, 0.6) is 5.75 Å². The fraction of sp³-hybridized carbons (Fsp3) is 0.417. The van der Waals surface area contributed by atoms with Gasteiger partial charge in [-0.15, -0.1) is 13.2 Å². The Labute approximate surface area is 108 Å². The van der Waals surface area contributed by atoms with Crippen molar-refractivity contribution in [2.24, 2.45) is 0 Å². The fourth-order valence-corrected chi connectivity index (χ4v) is 1.72. The number of halogens is 3. The number of likely N-dealkylation sites (N-methyl/N-ethyl adjacent to an activating group) is 1. The van der Waals surface area contributed by atoms with Crippen molar-refractivity contribution < 1.29 is 22.7 Å². The van der Waals surface area contributed by atoms with Gasteiger partial charge in [-0.05, 0) is 24.3 Å². The molecule has 1 heterocycles. The molecule has 0 spiro atoms. The van der Waals surface area contributed by atoms with Gasteiger partial charge in [-0.2, -0.15) is 0 Å². The maximum atomic E-state index is 12.0. The molecule has 2 rings (SSSR count). The second kappa shape index (κ2) is 5.08. The van der Waals surface area contributed by atoms with Gasteiger partial charge in [-0.25, -0.2) is 0 Å². The van der Waals surface area contributed by atoms with E-state index in [0.717, 1.165) is 25.2 Å². The van der Waals surface area contributed by atoms with Gasteiger partial charge in [0.1, 0.15) is 5.75 Å². The van der Waals surface area contributed by atoms with Gasteiger partial charge in [0, 0.05) is 25.7 Å². The van der Waals surface area contributed by atoms with Crippen molar-refractivity contribution >= 4 is 5.91 Å². The summed E-state index contributed by atoms with van der Waals surface area (Å²) in [6.45, 7) is 1.47. The van der Waals surface area contributed by atoms with Crippen LogP contribution in [0.3, 0.4) is 0 Å². The maximum absolute atomic E-state index is 12.0. The van der Waals surface area contributed by atoms with Gasteiger partial charge in [0.25, 0.3) is 5.91 Å². The highest BCUT2D eigenvalue weighted by atomic mass is 19.4. The number of amides is 1. The van der Waals surface area contributed by atoms with Crippen molar-refractivity contribution in [1.82, 2.24) is 10.2 Å². The summed E-state index contributed by atoms with van der Waals surface area (Å²) in [6.07, 6.45) is -4.72. The summed E-state index contributed by atoms with van der Waals surface area (Å²) in [5.41, 5.74) is 0.337. The number of alkyl halides is 3. The normalized spacial score (nSPS) is 15.8. The van der Waals surface area contributed by atoms with E-state index in [1.165, 1.54) is 12.1 Å². The van der Waals surface area contributed by atoms with E-state index in [0.29, 0.717) is 5.56 Å². The van der Waals surface area contributed by atoms with Gasteiger partial charge in [0.2, 0.25) is 0 Å². The molecule has 1 aliphatic heterocycles. The second-order valence-corrected chi connectivity index (χ2v) is 4.30. The lowest BCUT2D eigenvalue weighted by Crippen LogP contribution is -2.57. The number of carbonyl (C=O) groups is 1. The molecule has 1 N–H and O–H groups in total. The van der Waals surface area contributed by atoms with E-state index in [-0.39, 0.29) is 17.7 Å². The molecule has 0 saturated carbocycles. The lowest BCUT2D eigenvalue weighted by atomic mass is 10.1. The van der Waals surface area contributed by atoms with E-state index in [2.05, 4.69) is 10.1 Å². The number of carbonyl (C=O) groups excluding carboxylic acids is 1. The number of rotatable bonds is 3. The zero-order valence-electron chi connectivity index (χ0n) is 10.2. The van der Waals surface area contributed by atoms with E-state index in [9.17, 15) is 18.0 Å². The number of nitrogens with one attached hydrogen (secondary N) is 1. The Hall–Kier alpha value is -1.76. The Balaban J connectivity index is 2.03. The Morgan fingerprint density at radius 3 is 2.32 bits per heavy atom. The summed E-state index contributed by atoms with van der Waals surface area (Å²) in [5, 5.41) is 3.04. The van der Waals surface area contributed by atoms with Crippen LogP contribution < -0.4 is 10.1 Å². The molecule has 1 aromatic rings. The molecule has 0 aromatic heterocycles. The van der Waals surface area contributed by atoms with Crippen LogP contribution in [0.4, 0.5) is 13.2 Å². The minimum Gasteiger partial charge on any atom is -0.406 e. The molecule has 1 saturated heterocycles. The molecular formula is C12H13F3N2O2. The molecular weight excluding hydrogens is 261 g/mol. The molecule has 0 radical (unpaired) electrons. The topological polar surface area (TPSA) is 41.6 Å². The first kappa shape index (κ1) is 13.7. The largest absolute Gasteiger partial charge is 0.573 e. The van der Waals surface area contributed by atoms with Gasteiger partial charge in [0.15, 0.2) is 0 Å². The van der Waals surface area contributed by atoms with Gasteiger partial charge >= 0.3 is 6.36 Å². The summed E-state index contributed by atoms with van der Waals surface area (Å²) >= 11 is 0. The predicted molar refractivity (Wildman–Crippen MR) is 61.9 cm³/mol. The number of nitrogens with zero attached hydrogens (tertiary/aromatic N) is 1. The third kappa shape index (κ3) is 3.37. The highest BCUT2D eigenvalue weighted by Crippen LogP contribution is 2.23. The summed E-state index contributed by atoms with van der Waals surface area (Å²) in [6, 6.07) is 5.05. The maximum Gasteiger partial charge on any atom is 0.573 e. The molecule has 104 valence electrons. The third-order valence-electron chi connectivity index (χ3n) is 2.96. The minimum absolute atomic E-state index is 0.138. The quantitative estimate of drug-likeness (QED) is 0.911. The van der Waals surface area contributed by atoms with Crippen LogP contribution in [0.1, 0.15) is 10.4 Å². The first-order valence-corrected chi connectivity index (χ1v) is 5.70. The van der Waals surface area contributed by atoms with E-state index in [4.69, 9.17) is 0 Å². The van der Waals surface area contributed by atoms with Gasteiger partial charge in [-0.3, -0.25) is 4.79 Å². The van der Waals surface area contributed by atoms with Crippen molar-refractivity contribution in [2.75, 3.05) is 20.1 Å². The van der Waals surface area contributed by atoms with E-state index < -0.39 is 6.36 Å². The van der Waals surface area contributed by atoms with Crippen molar-refractivity contribution in [3.8, 4) is 5.75 Å². The van der Waals surface area contributed by atoms with Crippen molar-refractivity contribution in [2.45, 2.75) is 12.4 Å². The Morgan fingerprint density at radius 1 is 1.32 bits per heavy atom. The molecule has 7 heteroatoms. The van der Waals surface area contributed by atoms with Crippen molar-refractivity contribution in [3.05, 3.63) is 29.8 Å². The second-order valence-electron chi connectivity index (χ2n) is 4.30. The average Bonchev–Trinajstić information content (AvgIpc) is 2.24. The molecule has 0 bridgehead atoms. The van der Waals surface area contributed by atoms with Crippen LogP contribution >= 0.6 is 0 Å². The van der Waals surface area contributed by atoms with Crippen LogP contribution in [-0.2, 0) is 0 Å². The number of ether oxygens (including phenoxy) is 1. The van der Waals surface area contributed by atoms with Crippen LogP contribution in [-0.4, -0.2) is 43.3 Å². The lowest BCUT2D eigenvalue weighted by molar-refractivity contribution is -0.274. The summed E-state index contributed by atoms with van der Waals surface area (Å²) in [4.78, 5) is 13.6. The molecule has 4 nitrogen and oxygen atoms in total. The molecule has 1 amide bonds. The fourth-order valence-electron chi connectivity index (χ4n) is 1.72. The summed E-state index contributed by atoms with van der Waals surface area (Å²) in [5.74, 6) is -0.554. The van der Waals surface area contributed by atoms with Crippen LogP contribution in [0.25, 0.3) is 0 Å². The third-order valence-corrected chi connectivity index (χ3v) is 2.96. The van der Waals surface area contributed by atoms with E-state index >= 15 is 0 Å². The summed E-state index contributed by atoms with van der Waals surface area (Å²) in [7, 11) is 1.67. The van der Waals surface area contributed by atoms with Crippen LogP contribution in [0.15, 0.2) is 24.3 Å². The smallest absolute Gasteiger partial charge is 0.406 e. The van der Waals surface area contributed by atoms with Gasteiger partial charge < -0.3 is 15.0 Å². The lowest BCUT2D eigenvalue weighted by Gasteiger charge is -2.35. The van der Waals surface area contributed by atoms with Crippen LogP contribution in [0.2, 0.25) is 0 Å². The number of hydrogen-bond acceptors (Lipinski definition) is 3. The Morgan fingerprint density at radius 2 is 1.89 bits per heavy atom. The highest BCUT2D eigenvalue weighted by molar-refractivity contribution is 5.94. The zero-order chi connectivity index (χ0) is 14.0. The molecule has 0 unspecified atom stereocenters. The van der Waals surface area contributed by atoms with Crippen molar-refractivity contribution in [3.63, 3.8) is 0 Å². The minimum atomic E-state index is -4.72. The Kier molecular flexibility index (Phi) is 3.66. The SMILES string of the molecule is CN(C(=O)c1ccc(OC(F)(F)F)cc1)C1CNC1. The molecule has 1 aromatic carbocycles. The first-order valence-electron chi connectivity index (χ1n) is 5.70. The van der Waals surface area contributed by atoms with E-state index in [1.807, 2.05) is 0 Å². The van der Waals surface area contributed by atoms with Gasteiger partial charge in [0.05, 0.1) is 6.04 Å². The van der Waals surface area contributed by atoms with Gasteiger partial charge in [-0.1, -0.05) is 0 Å². The summed E-state index contributed by atoms with van der Waals surface area (Å²) < 4.78 is 39.7. The van der Waals surface area contributed by atoms with Crippen LogP contribution in [0, 0.1) is 0 Å². The molecule has 0 aliphatic carbocycles.